The van der Waals surface area contributed by atoms with Crippen LogP contribution in [0.3, 0.4) is 0 Å². The van der Waals surface area contributed by atoms with Crippen molar-refractivity contribution in [2.45, 2.75) is 13.5 Å². The molecule has 0 saturated carbocycles. The minimum Gasteiger partial charge on any atom is -0.449 e. The van der Waals surface area contributed by atoms with Crippen LogP contribution in [0.1, 0.15) is 17.1 Å². The maximum atomic E-state index is 10.6. The lowest BCUT2D eigenvalue weighted by molar-refractivity contribution is -0.384. The lowest BCUT2D eigenvalue weighted by atomic mass is 10.2. The van der Waals surface area contributed by atoms with Crippen LogP contribution in [0, 0.1) is 28.4 Å². The van der Waals surface area contributed by atoms with Crippen LogP contribution in [0.25, 0.3) is 0 Å². The number of rotatable bonds is 4. The Kier molecular flexibility index (Phi) is 3.48. The van der Waals surface area contributed by atoms with Crippen LogP contribution in [-0.4, -0.2) is 4.92 Å². The van der Waals surface area contributed by atoms with Gasteiger partial charge in [-0.25, -0.2) is 0 Å². The molecule has 1 aromatic heterocycles. The molecule has 96 valence electrons. The van der Waals surface area contributed by atoms with Crippen molar-refractivity contribution in [2.75, 3.05) is 5.32 Å². The Hall–Kier alpha value is -2.81. The highest BCUT2D eigenvalue weighted by Crippen LogP contribution is 2.21. The van der Waals surface area contributed by atoms with E-state index < -0.39 is 4.92 Å². The summed E-state index contributed by atoms with van der Waals surface area (Å²) in [5.41, 5.74) is 1.63. The zero-order valence-corrected chi connectivity index (χ0v) is 10.2. The minimum atomic E-state index is -0.428. The van der Waals surface area contributed by atoms with Gasteiger partial charge >= 0.3 is 0 Å². The Morgan fingerprint density at radius 1 is 1.42 bits per heavy atom. The summed E-state index contributed by atoms with van der Waals surface area (Å²) in [6.07, 6.45) is 0. The molecule has 1 aromatic carbocycles. The highest BCUT2D eigenvalue weighted by atomic mass is 16.6. The Morgan fingerprint density at radius 3 is 2.79 bits per heavy atom. The van der Waals surface area contributed by atoms with E-state index in [0.717, 1.165) is 11.3 Å². The normalized spacial score (nSPS) is 9.89. The first kappa shape index (κ1) is 12.6. The molecule has 0 amide bonds. The number of furan rings is 1. The van der Waals surface area contributed by atoms with Gasteiger partial charge in [-0.1, -0.05) is 0 Å². The number of benzene rings is 1. The maximum Gasteiger partial charge on any atom is 0.269 e. The number of aryl methyl sites for hydroxylation is 1. The fourth-order valence-corrected chi connectivity index (χ4v) is 1.68. The second-order valence-electron chi connectivity index (χ2n) is 3.99. The number of hydrogen-bond acceptors (Lipinski definition) is 5. The van der Waals surface area contributed by atoms with Crippen LogP contribution in [-0.2, 0) is 6.54 Å². The molecule has 19 heavy (non-hydrogen) atoms. The Morgan fingerprint density at radius 2 is 2.21 bits per heavy atom. The van der Waals surface area contributed by atoms with Crippen LogP contribution in [0.15, 0.2) is 34.7 Å². The molecule has 0 radical (unpaired) electrons. The number of anilines is 1. The first-order chi connectivity index (χ1) is 9.10. The van der Waals surface area contributed by atoms with Gasteiger partial charge in [0.15, 0.2) is 0 Å². The molecule has 0 aliphatic heterocycles. The number of nitrogens with zero attached hydrogens (tertiary/aromatic N) is 2. The van der Waals surface area contributed by atoms with Gasteiger partial charge < -0.3 is 9.73 Å². The van der Waals surface area contributed by atoms with Crippen molar-refractivity contribution < 1.29 is 9.34 Å². The fourth-order valence-electron chi connectivity index (χ4n) is 1.68. The minimum absolute atomic E-state index is 0.0628. The molecular formula is C13H11N3O3. The number of hydrogen-bond donors (Lipinski definition) is 1. The van der Waals surface area contributed by atoms with Crippen LogP contribution >= 0.6 is 0 Å². The Balaban J connectivity index is 2.07. The van der Waals surface area contributed by atoms with E-state index in [9.17, 15) is 10.1 Å². The summed E-state index contributed by atoms with van der Waals surface area (Å²) < 4.78 is 5.22. The molecule has 0 aliphatic rings. The molecule has 6 nitrogen and oxygen atoms in total. The lowest BCUT2D eigenvalue weighted by Gasteiger charge is -2.07. The van der Waals surface area contributed by atoms with E-state index in [1.54, 1.807) is 25.1 Å². The van der Waals surface area contributed by atoms with E-state index in [0.29, 0.717) is 12.3 Å². The summed E-state index contributed by atoms with van der Waals surface area (Å²) in [4.78, 5) is 10.2. The second-order valence-corrected chi connectivity index (χ2v) is 3.99. The Labute approximate surface area is 109 Å². The van der Waals surface area contributed by atoms with Crippen molar-refractivity contribution in [2.24, 2.45) is 0 Å². The van der Waals surface area contributed by atoms with Crippen molar-refractivity contribution in [3.63, 3.8) is 0 Å². The van der Waals surface area contributed by atoms with Crippen molar-refractivity contribution in [3.8, 4) is 6.07 Å². The third kappa shape index (κ3) is 2.90. The molecular weight excluding hydrogens is 246 g/mol. The molecule has 0 fully saturated rings. The molecule has 0 spiro atoms. The number of nitro groups is 1. The van der Waals surface area contributed by atoms with Crippen molar-refractivity contribution >= 4 is 11.4 Å². The standard InChI is InChI=1S/C13H11N3O3/c1-9-6-10(16(17)18)2-5-13(9)15-8-12-4-3-11(7-14)19-12/h2-6,15H,8H2,1H3. The summed E-state index contributed by atoms with van der Waals surface area (Å²) in [7, 11) is 0. The fraction of sp³-hybridized carbons (Fsp3) is 0.154. The highest BCUT2D eigenvalue weighted by Gasteiger charge is 2.08. The molecule has 0 saturated heterocycles. The van der Waals surface area contributed by atoms with Crippen LogP contribution in [0.4, 0.5) is 11.4 Å². The molecule has 0 atom stereocenters. The van der Waals surface area contributed by atoms with E-state index in [1.165, 1.54) is 12.1 Å². The highest BCUT2D eigenvalue weighted by molar-refractivity contribution is 5.55. The molecule has 0 unspecified atom stereocenters. The molecule has 2 aromatic rings. The van der Waals surface area contributed by atoms with Crippen LogP contribution < -0.4 is 5.32 Å². The molecule has 1 heterocycles. The smallest absolute Gasteiger partial charge is 0.269 e. The average Bonchev–Trinajstić information content (AvgIpc) is 2.85. The number of nitrogens with one attached hydrogen (secondary N) is 1. The van der Waals surface area contributed by atoms with Gasteiger partial charge in [0, 0.05) is 17.8 Å². The lowest BCUT2D eigenvalue weighted by Crippen LogP contribution is -2.00. The second kappa shape index (κ2) is 5.23. The topological polar surface area (TPSA) is 92.1 Å². The van der Waals surface area contributed by atoms with E-state index in [-0.39, 0.29) is 11.4 Å². The molecule has 0 aliphatic carbocycles. The number of non-ortho nitro benzene ring substituents is 1. The molecule has 2 rings (SSSR count). The third-order valence-electron chi connectivity index (χ3n) is 2.65. The van der Waals surface area contributed by atoms with Gasteiger partial charge in [0.2, 0.25) is 5.76 Å². The van der Waals surface area contributed by atoms with Gasteiger partial charge in [0.1, 0.15) is 11.8 Å². The molecule has 1 N–H and O–H groups in total. The third-order valence-corrected chi connectivity index (χ3v) is 2.65. The quantitative estimate of drug-likeness (QED) is 0.671. The Bertz CT molecular complexity index is 655. The summed E-state index contributed by atoms with van der Waals surface area (Å²) in [6.45, 7) is 2.21. The maximum absolute atomic E-state index is 10.6. The summed E-state index contributed by atoms with van der Waals surface area (Å²) in [5.74, 6) is 0.895. The van der Waals surface area contributed by atoms with Crippen LogP contribution in [0.5, 0.6) is 0 Å². The van der Waals surface area contributed by atoms with Gasteiger partial charge in [0.25, 0.3) is 5.69 Å². The van der Waals surface area contributed by atoms with Gasteiger partial charge in [-0.3, -0.25) is 10.1 Å². The first-order valence-electron chi connectivity index (χ1n) is 5.58. The van der Waals surface area contributed by atoms with Crippen molar-refractivity contribution in [3.05, 3.63) is 57.5 Å². The summed E-state index contributed by atoms with van der Waals surface area (Å²) >= 11 is 0. The van der Waals surface area contributed by atoms with E-state index in [1.807, 2.05) is 6.07 Å². The largest absolute Gasteiger partial charge is 0.449 e. The predicted octanol–water partition coefficient (Wildman–Crippen LogP) is 2.98. The summed E-state index contributed by atoms with van der Waals surface area (Å²) in [6, 6.07) is 9.82. The van der Waals surface area contributed by atoms with E-state index in [2.05, 4.69) is 5.32 Å². The molecule has 0 bridgehead atoms. The van der Waals surface area contributed by atoms with Gasteiger partial charge in [-0.15, -0.1) is 0 Å². The van der Waals surface area contributed by atoms with E-state index >= 15 is 0 Å². The predicted molar refractivity (Wildman–Crippen MR) is 68.6 cm³/mol. The van der Waals surface area contributed by atoms with Gasteiger partial charge in [0.05, 0.1) is 11.5 Å². The zero-order chi connectivity index (χ0) is 13.8. The number of nitro benzene ring substituents is 1. The number of nitriles is 1. The van der Waals surface area contributed by atoms with Crippen molar-refractivity contribution in [1.82, 2.24) is 0 Å². The van der Waals surface area contributed by atoms with Crippen LogP contribution in [0.2, 0.25) is 0 Å². The van der Waals surface area contributed by atoms with Gasteiger partial charge in [-0.05, 0) is 30.7 Å². The van der Waals surface area contributed by atoms with Crippen molar-refractivity contribution in [1.29, 1.82) is 5.26 Å². The van der Waals surface area contributed by atoms with E-state index in [4.69, 9.17) is 9.68 Å². The molecule has 6 heteroatoms. The first-order valence-corrected chi connectivity index (χ1v) is 5.58. The van der Waals surface area contributed by atoms with Gasteiger partial charge in [-0.2, -0.15) is 5.26 Å². The average molecular weight is 257 g/mol. The SMILES string of the molecule is Cc1cc([N+](=O)[O-])ccc1NCc1ccc(C#N)o1. The monoisotopic (exact) mass is 257 g/mol. The zero-order valence-electron chi connectivity index (χ0n) is 10.2. The summed E-state index contributed by atoms with van der Waals surface area (Å²) in [5, 5.41) is 22.4.